The average Bonchev–Trinajstić information content (AvgIpc) is 2.46. The molecule has 0 radical (unpaired) electrons. The van der Waals surface area contributed by atoms with E-state index in [0.717, 1.165) is 24.3 Å². The first-order valence-electron chi connectivity index (χ1n) is 6.64. The number of hydrogen-bond acceptors (Lipinski definition) is 4. The van der Waals surface area contributed by atoms with Crippen molar-refractivity contribution in [1.82, 2.24) is 0 Å². The number of methoxy groups -OCH3 is 2. The van der Waals surface area contributed by atoms with Gasteiger partial charge in [0.15, 0.2) is 0 Å². The topological polar surface area (TPSA) is 47.6 Å². The molecule has 1 unspecified atom stereocenters. The van der Waals surface area contributed by atoms with E-state index in [2.05, 4.69) is 19.2 Å². The second-order valence-corrected chi connectivity index (χ2v) is 4.45. The zero-order valence-corrected chi connectivity index (χ0v) is 12.1. The van der Waals surface area contributed by atoms with Crippen LogP contribution >= 0.6 is 0 Å². The van der Waals surface area contributed by atoms with Gasteiger partial charge in [0.25, 0.3) is 0 Å². The molecule has 0 heterocycles. The highest BCUT2D eigenvalue weighted by Crippen LogP contribution is 2.22. The highest BCUT2D eigenvalue weighted by Gasteiger charge is 2.26. The van der Waals surface area contributed by atoms with Gasteiger partial charge in [0, 0.05) is 11.8 Å². The number of carbonyl (C=O) groups is 1. The lowest BCUT2D eigenvalue weighted by Crippen LogP contribution is -2.37. The van der Waals surface area contributed by atoms with Crippen LogP contribution in [0.3, 0.4) is 0 Å². The monoisotopic (exact) mass is 265 g/mol. The predicted molar refractivity (Wildman–Crippen MR) is 76.5 cm³/mol. The van der Waals surface area contributed by atoms with Crippen molar-refractivity contribution in [3.8, 4) is 5.75 Å². The van der Waals surface area contributed by atoms with E-state index in [0.29, 0.717) is 0 Å². The molecule has 0 amide bonds. The van der Waals surface area contributed by atoms with E-state index in [1.807, 2.05) is 24.3 Å². The summed E-state index contributed by atoms with van der Waals surface area (Å²) in [5.74, 6) is 0.785. The Morgan fingerprint density at radius 2 is 1.95 bits per heavy atom. The summed E-state index contributed by atoms with van der Waals surface area (Å²) in [6.45, 7) is 4.16. The molecule has 0 aliphatic heterocycles. The molecule has 0 aromatic heterocycles. The lowest BCUT2D eigenvalue weighted by molar-refractivity contribution is -0.142. The third-order valence-corrected chi connectivity index (χ3v) is 3.37. The van der Waals surface area contributed by atoms with Crippen molar-refractivity contribution in [1.29, 1.82) is 0 Å². The van der Waals surface area contributed by atoms with Gasteiger partial charge in [-0.1, -0.05) is 32.8 Å². The fraction of sp³-hybridized carbons (Fsp3) is 0.533. The van der Waals surface area contributed by atoms with E-state index in [4.69, 9.17) is 9.47 Å². The van der Waals surface area contributed by atoms with Gasteiger partial charge in [-0.25, -0.2) is 4.79 Å². The second-order valence-electron chi connectivity index (χ2n) is 4.45. The van der Waals surface area contributed by atoms with Crippen molar-refractivity contribution < 1.29 is 14.3 Å². The van der Waals surface area contributed by atoms with Crippen molar-refractivity contribution in [2.75, 3.05) is 19.5 Å². The van der Waals surface area contributed by atoms with Crippen LogP contribution in [0.4, 0.5) is 5.69 Å². The van der Waals surface area contributed by atoms with Crippen LogP contribution in [-0.2, 0) is 9.53 Å². The number of ether oxygens (including phenoxy) is 2. The van der Waals surface area contributed by atoms with E-state index in [9.17, 15) is 4.79 Å². The molecule has 0 aliphatic rings. The molecule has 1 atom stereocenters. The maximum atomic E-state index is 11.9. The molecule has 0 aliphatic carbocycles. The van der Waals surface area contributed by atoms with Crippen molar-refractivity contribution in [3.05, 3.63) is 24.3 Å². The third-order valence-electron chi connectivity index (χ3n) is 3.37. The summed E-state index contributed by atoms with van der Waals surface area (Å²) < 4.78 is 10.1. The summed E-state index contributed by atoms with van der Waals surface area (Å²) >= 11 is 0. The van der Waals surface area contributed by atoms with E-state index >= 15 is 0 Å². The molecule has 4 heteroatoms. The normalized spacial score (nSPS) is 12.1. The van der Waals surface area contributed by atoms with E-state index in [1.165, 1.54) is 7.11 Å². The number of anilines is 1. The lowest BCUT2D eigenvalue weighted by atomic mass is 9.94. The molecule has 4 nitrogen and oxygen atoms in total. The summed E-state index contributed by atoms with van der Waals surface area (Å²) in [4.78, 5) is 11.9. The van der Waals surface area contributed by atoms with Crippen molar-refractivity contribution in [3.63, 3.8) is 0 Å². The fourth-order valence-electron chi connectivity index (χ4n) is 2.15. The molecular weight excluding hydrogens is 242 g/mol. The first kappa shape index (κ1) is 15.3. The first-order chi connectivity index (χ1) is 9.15. The molecule has 1 aromatic rings. The van der Waals surface area contributed by atoms with Crippen LogP contribution in [0.1, 0.15) is 26.7 Å². The SMILES string of the molecule is CCC(CC)C(Nc1cccc(OC)c1)C(=O)OC. The number of rotatable bonds is 7. The maximum Gasteiger partial charge on any atom is 0.328 e. The van der Waals surface area contributed by atoms with Gasteiger partial charge in [0.1, 0.15) is 11.8 Å². The Bertz CT molecular complexity index is 402. The molecule has 0 saturated carbocycles. The Hall–Kier alpha value is -1.71. The minimum Gasteiger partial charge on any atom is -0.497 e. The molecule has 0 fully saturated rings. The predicted octanol–water partition coefficient (Wildman–Crippen LogP) is 3.08. The Labute approximate surface area is 115 Å². The van der Waals surface area contributed by atoms with Crippen LogP contribution < -0.4 is 10.1 Å². The molecule has 0 bridgehead atoms. The molecule has 1 rings (SSSR count). The average molecular weight is 265 g/mol. The Balaban J connectivity index is 2.89. The zero-order chi connectivity index (χ0) is 14.3. The van der Waals surface area contributed by atoms with Crippen molar-refractivity contribution in [2.45, 2.75) is 32.7 Å². The van der Waals surface area contributed by atoms with Crippen LogP contribution in [0.15, 0.2) is 24.3 Å². The number of hydrogen-bond donors (Lipinski definition) is 1. The molecule has 19 heavy (non-hydrogen) atoms. The van der Waals surface area contributed by atoms with Crippen molar-refractivity contribution >= 4 is 11.7 Å². The number of esters is 1. The second kappa shape index (κ2) is 7.67. The van der Waals surface area contributed by atoms with E-state index < -0.39 is 0 Å². The summed E-state index contributed by atoms with van der Waals surface area (Å²) in [5, 5.41) is 3.25. The van der Waals surface area contributed by atoms with Gasteiger partial charge >= 0.3 is 5.97 Å². The molecule has 1 N–H and O–H groups in total. The standard InChI is InChI=1S/C15H23NO3/c1-5-11(6-2)14(15(17)19-4)16-12-8-7-9-13(10-12)18-3/h7-11,14,16H,5-6H2,1-4H3. The van der Waals surface area contributed by atoms with Crippen LogP contribution in [0, 0.1) is 5.92 Å². The van der Waals surface area contributed by atoms with Gasteiger partial charge in [0.05, 0.1) is 14.2 Å². The maximum absolute atomic E-state index is 11.9. The number of benzene rings is 1. The highest BCUT2D eigenvalue weighted by atomic mass is 16.5. The van der Waals surface area contributed by atoms with Crippen LogP contribution in [0.2, 0.25) is 0 Å². The summed E-state index contributed by atoms with van der Waals surface area (Å²) in [6.07, 6.45) is 1.85. The Morgan fingerprint density at radius 1 is 1.26 bits per heavy atom. The van der Waals surface area contributed by atoms with Gasteiger partial charge in [-0.05, 0) is 18.1 Å². The van der Waals surface area contributed by atoms with Crippen LogP contribution in [0.5, 0.6) is 5.75 Å². The third kappa shape index (κ3) is 4.16. The largest absolute Gasteiger partial charge is 0.497 e. The van der Waals surface area contributed by atoms with Gasteiger partial charge < -0.3 is 14.8 Å². The smallest absolute Gasteiger partial charge is 0.328 e. The van der Waals surface area contributed by atoms with Gasteiger partial charge in [-0.15, -0.1) is 0 Å². The lowest BCUT2D eigenvalue weighted by Gasteiger charge is -2.25. The van der Waals surface area contributed by atoms with Gasteiger partial charge in [-0.3, -0.25) is 0 Å². The quantitative estimate of drug-likeness (QED) is 0.770. The molecular formula is C15H23NO3. The molecule has 0 saturated heterocycles. The Morgan fingerprint density at radius 3 is 2.47 bits per heavy atom. The molecule has 1 aromatic carbocycles. The summed E-state index contributed by atoms with van der Waals surface area (Å²) in [6, 6.07) is 7.23. The van der Waals surface area contributed by atoms with Gasteiger partial charge in [0.2, 0.25) is 0 Å². The fourth-order valence-corrected chi connectivity index (χ4v) is 2.15. The molecule has 106 valence electrons. The summed E-state index contributed by atoms with van der Waals surface area (Å²) in [5.41, 5.74) is 0.863. The first-order valence-corrected chi connectivity index (χ1v) is 6.64. The van der Waals surface area contributed by atoms with Crippen molar-refractivity contribution in [2.24, 2.45) is 5.92 Å². The zero-order valence-electron chi connectivity index (χ0n) is 12.1. The van der Waals surface area contributed by atoms with Crippen LogP contribution in [-0.4, -0.2) is 26.2 Å². The van der Waals surface area contributed by atoms with Gasteiger partial charge in [-0.2, -0.15) is 0 Å². The Kier molecular flexibility index (Phi) is 6.19. The molecule has 0 spiro atoms. The number of nitrogens with one attached hydrogen (secondary N) is 1. The highest BCUT2D eigenvalue weighted by molar-refractivity contribution is 5.79. The minimum atomic E-state index is -0.327. The number of carbonyl (C=O) groups excluding carboxylic acids is 1. The van der Waals surface area contributed by atoms with E-state index in [-0.39, 0.29) is 17.9 Å². The minimum absolute atomic E-state index is 0.225. The van der Waals surface area contributed by atoms with E-state index in [1.54, 1.807) is 7.11 Å². The summed E-state index contributed by atoms with van der Waals surface area (Å²) in [7, 11) is 3.04. The van der Waals surface area contributed by atoms with Crippen LogP contribution in [0.25, 0.3) is 0 Å².